The molecule has 0 aliphatic rings. The number of sulfone groups is 1. The van der Waals surface area contributed by atoms with Gasteiger partial charge in [0, 0.05) is 12.3 Å². The molecule has 3 aromatic rings. The molecule has 18 nitrogen and oxygen atoms in total. The molecule has 0 radical (unpaired) electrons. The van der Waals surface area contributed by atoms with Crippen LogP contribution in [0.2, 0.25) is 0 Å². The van der Waals surface area contributed by atoms with Crippen LogP contribution in [0.3, 0.4) is 0 Å². The summed E-state index contributed by atoms with van der Waals surface area (Å²) >= 11 is 0. The van der Waals surface area contributed by atoms with Crippen molar-refractivity contribution < 1.29 is 66.5 Å². The number of amides is 1. The highest BCUT2D eigenvalue weighted by Gasteiger charge is 2.23. The summed E-state index contributed by atoms with van der Waals surface area (Å²) in [4.78, 5) is 8.84. The first-order chi connectivity index (χ1) is 19.1. The minimum atomic E-state index is -5.53. The maximum atomic E-state index is 12.5. The lowest BCUT2D eigenvalue weighted by Crippen LogP contribution is -2.15. The van der Waals surface area contributed by atoms with Gasteiger partial charge in [-0.3, -0.25) is 8.98 Å². The SMILES string of the molecule is CC(=O)Nc1cc(S(=O)(=O)[O-])cc2cc(S(=O)(=O)[O-])c(N=Nc3cc(S(=O)(=O)CCOS(=O)(=O)[O-])ccc3O)c(O)c12. The Hall–Kier alpha value is -3.77. The number of rotatable bonds is 10. The maximum absolute atomic E-state index is 12.5. The van der Waals surface area contributed by atoms with Crippen LogP contribution in [-0.4, -0.2) is 75.8 Å². The van der Waals surface area contributed by atoms with Crippen LogP contribution >= 0.6 is 0 Å². The molecule has 22 heteroatoms. The number of fused-ring (bicyclic) bond motifs is 1. The predicted molar refractivity (Wildman–Crippen MR) is 136 cm³/mol. The molecule has 0 aliphatic heterocycles. The Balaban J connectivity index is 2.23. The molecule has 0 heterocycles. The quantitative estimate of drug-likeness (QED) is 0.152. The van der Waals surface area contributed by atoms with Gasteiger partial charge in [0.1, 0.15) is 37.4 Å². The normalized spacial score (nSPS) is 13.0. The van der Waals surface area contributed by atoms with E-state index in [9.17, 15) is 62.3 Å². The van der Waals surface area contributed by atoms with Gasteiger partial charge in [-0.1, -0.05) is 0 Å². The molecule has 0 unspecified atom stereocenters. The summed E-state index contributed by atoms with van der Waals surface area (Å²) in [5, 5.41) is 29.1. The summed E-state index contributed by atoms with van der Waals surface area (Å²) in [5.74, 6) is -3.72. The molecule has 0 fully saturated rings. The Bertz CT molecular complexity index is 2070. The van der Waals surface area contributed by atoms with Gasteiger partial charge in [-0.25, -0.2) is 33.7 Å². The third-order valence-electron chi connectivity index (χ3n) is 5.14. The summed E-state index contributed by atoms with van der Waals surface area (Å²) in [5.41, 5.74) is -2.25. The second-order valence-corrected chi connectivity index (χ2v) is 14.0. The lowest BCUT2D eigenvalue weighted by Gasteiger charge is -2.18. The Morgan fingerprint density at radius 3 is 2.07 bits per heavy atom. The van der Waals surface area contributed by atoms with Crippen LogP contribution in [0.1, 0.15) is 6.92 Å². The third-order valence-corrected chi connectivity index (χ3v) is 8.93. The number of phenols is 2. The molecule has 42 heavy (non-hydrogen) atoms. The number of nitrogens with zero attached hydrogens (tertiary/aromatic N) is 2. The molecular formula is C20H16N3O15S4-3. The van der Waals surface area contributed by atoms with E-state index in [2.05, 4.69) is 19.7 Å². The van der Waals surface area contributed by atoms with Crippen molar-refractivity contribution in [2.24, 2.45) is 10.2 Å². The van der Waals surface area contributed by atoms with E-state index in [0.29, 0.717) is 24.3 Å². The fourth-order valence-electron chi connectivity index (χ4n) is 3.42. The molecule has 0 aliphatic carbocycles. The zero-order chi connectivity index (χ0) is 31.8. The minimum absolute atomic E-state index is 0.479. The van der Waals surface area contributed by atoms with Crippen molar-refractivity contribution in [3.8, 4) is 11.5 Å². The van der Waals surface area contributed by atoms with Gasteiger partial charge in [0.15, 0.2) is 15.6 Å². The number of anilines is 1. The number of hydrogen-bond donors (Lipinski definition) is 3. The van der Waals surface area contributed by atoms with E-state index in [1.807, 2.05) is 0 Å². The van der Waals surface area contributed by atoms with E-state index < -0.39 is 113 Å². The number of nitrogens with one attached hydrogen (secondary N) is 1. The maximum Gasteiger partial charge on any atom is 0.221 e. The van der Waals surface area contributed by atoms with Crippen LogP contribution in [-0.2, 0) is 49.5 Å². The van der Waals surface area contributed by atoms with Crippen molar-refractivity contribution in [3.63, 3.8) is 0 Å². The highest BCUT2D eigenvalue weighted by atomic mass is 32.3. The van der Waals surface area contributed by atoms with E-state index in [1.165, 1.54) is 0 Å². The van der Waals surface area contributed by atoms with Gasteiger partial charge in [-0.05, 0) is 41.8 Å². The molecule has 1 amide bonds. The van der Waals surface area contributed by atoms with Crippen molar-refractivity contribution in [1.82, 2.24) is 0 Å². The average Bonchev–Trinajstić information content (AvgIpc) is 2.81. The van der Waals surface area contributed by atoms with Crippen molar-refractivity contribution in [3.05, 3.63) is 36.4 Å². The summed E-state index contributed by atoms with van der Waals surface area (Å²) in [6.07, 6.45) is 0. The Kier molecular flexibility index (Phi) is 8.95. The smallest absolute Gasteiger partial charge is 0.221 e. The molecule has 0 saturated carbocycles. The van der Waals surface area contributed by atoms with Crippen LogP contribution in [0.5, 0.6) is 11.5 Å². The summed E-state index contributed by atoms with van der Waals surface area (Å²) in [7, 11) is -20.3. The van der Waals surface area contributed by atoms with E-state index in [1.54, 1.807) is 0 Å². The van der Waals surface area contributed by atoms with Crippen molar-refractivity contribution in [1.29, 1.82) is 0 Å². The molecule has 3 rings (SSSR count). The van der Waals surface area contributed by atoms with E-state index >= 15 is 0 Å². The number of phenolic OH excluding ortho intramolecular Hbond substituents is 2. The van der Waals surface area contributed by atoms with Crippen LogP contribution in [0.25, 0.3) is 10.8 Å². The molecule has 228 valence electrons. The fraction of sp³-hybridized carbons (Fsp3) is 0.150. The Morgan fingerprint density at radius 2 is 1.52 bits per heavy atom. The Labute approximate surface area is 237 Å². The minimum Gasteiger partial charge on any atom is -0.744 e. The molecule has 3 N–H and O–H groups in total. The molecule has 0 spiro atoms. The highest BCUT2D eigenvalue weighted by Crippen LogP contribution is 2.45. The topological polar surface area (TPSA) is 309 Å². The second-order valence-electron chi connectivity index (χ2n) is 8.13. The number of carbonyl (C=O) groups excluding carboxylic acids is 1. The molecule has 0 aromatic heterocycles. The van der Waals surface area contributed by atoms with Gasteiger partial charge < -0.3 is 29.2 Å². The van der Waals surface area contributed by atoms with E-state index in [4.69, 9.17) is 0 Å². The highest BCUT2D eigenvalue weighted by molar-refractivity contribution is 7.91. The number of hydrogen-bond acceptors (Lipinski definition) is 17. The van der Waals surface area contributed by atoms with Crippen LogP contribution in [0.15, 0.2) is 61.3 Å². The number of azo groups is 1. The Morgan fingerprint density at radius 1 is 0.881 bits per heavy atom. The van der Waals surface area contributed by atoms with Gasteiger partial charge in [0.05, 0.1) is 32.7 Å². The first-order valence-corrected chi connectivity index (χ1v) is 16.5. The number of carbonyl (C=O) groups is 1. The monoisotopic (exact) mass is 666 g/mol. The first kappa shape index (κ1) is 32.7. The van der Waals surface area contributed by atoms with Gasteiger partial charge in [-0.15, -0.1) is 10.2 Å². The molecule has 0 bridgehead atoms. The van der Waals surface area contributed by atoms with Crippen molar-refractivity contribution in [2.75, 3.05) is 17.7 Å². The van der Waals surface area contributed by atoms with Gasteiger partial charge >= 0.3 is 0 Å². The first-order valence-electron chi connectivity index (χ1n) is 10.7. The standard InChI is InChI=1S/C20H19N3O15S4/c1-10(24)21-15-9-13(40(29,30)31)6-11-7-17(41(32,33)34)19(20(26)18(11)15)23-22-14-8-12(2-3-16(14)25)39(27,28)5-4-38-42(35,36)37/h2-3,6-9,25-26H,4-5H2,1H3,(H,21,24)(H,29,30,31)(H,32,33,34)(H,35,36,37)/p-3. The molecule has 3 aromatic carbocycles. The zero-order valence-corrected chi connectivity index (χ0v) is 23.9. The van der Waals surface area contributed by atoms with E-state index in [-0.39, 0.29) is 0 Å². The lowest BCUT2D eigenvalue weighted by molar-refractivity contribution is -0.114. The molecule has 0 atom stereocenters. The van der Waals surface area contributed by atoms with E-state index in [0.717, 1.165) is 19.1 Å². The molecule has 0 saturated heterocycles. The van der Waals surface area contributed by atoms with Crippen LogP contribution in [0.4, 0.5) is 17.1 Å². The summed E-state index contributed by atoms with van der Waals surface area (Å²) in [6.45, 7) is -0.0680. The average molecular weight is 667 g/mol. The lowest BCUT2D eigenvalue weighted by atomic mass is 10.1. The van der Waals surface area contributed by atoms with Gasteiger partial charge in [0.2, 0.25) is 16.3 Å². The molecular weight excluding hydrogens is 650 g/mol. The predicted octanol–water partition coefficient (Wildman–Crippen LogP) is 0.683. The zero-order valence-electron chi connectivity index (χ0n) is 20.6. The van der Waals surface area contributed by atoms with Crippen LogP contribution in [0, 0.1) is 0 Å². The fourth-order valence-corrected chi connectivity index (χ4v) is 6.10. The van der Waals surface area contributed by atoms with Crippen LogP contribution < -0.4 is 5.32 Å². The third kappa shape index (κ3) is 7.74. The van der Waals surface area contributed by atoms with Gasteiger partial charge in [-0.2, -0.15) is 0 Å². The summed E-state index contributed by atoms with van der Waals surface area (Å²) < 4.78 is 131. The van der Waals surface area contributed by atoms with Gasteiger partial charge in [0.25, 0.3) is 0 Å². The second kappa shape index (κ2) is 11.5. The van der Waals surface area contributed by atoms with Crippen molar-refractivity contribution in [2.45, 2.75) is 21.6 Å². The van der Waals surface area contributed by atoms with Crippen molar-refractivity contribution >= 4 is 74.2 Å². The largest absolute Gasteiger partial charge is 0.744 e. The number of benzene rings is 3. The summed E-state index contributed by atoms with van der Waals surface area (Å²) in [6, 6.07) is 4.17. The number of aromatic hydroxyl groups is 2.